The van der Waals surface area contributed by atoms with Gasteiger partial charge in [-0.15, -0.1) is 0 Å². The molecule has 5 N–H and O–H groups in total. The SMILES string of the molecule is CCC(CC)C(N)=O.O=P(O)(O)O. The van der Waals surface area contributed by atoms with E-state index in [1.165, 1.54) is 0 Å². The molecular weight excluding hydrogens is 197 g/mol. The molecule has 0 radical (unpaired) electrons. The zero-order valence-electron chi connectivity index (χ0n) is 7.67. The van der Waals surface area contributed by atoms with Crippen LogP contribution in [0.1, 0.15) is 26.7 Å². The van der Waals surface area contributed by atoms with Crippen LogP contribution in [-0.4, -0.2) is 20.6 Å². The third-order valence-electron chi connectivity index (χ3n) is 1.39. The van der Waals surface area contributed by atoms with Crippen molar-refractivity contribution in [2.24, 2.45) is 11.7 Å². The lowest BCUT2D eigenvalue weighted by Crippen LogP contribution is -2.21. The van der Waals surface area contributed by atoms with Gasteiger partial charge in [-0.3, -0.25) is 4.79 Å². The van der Waals surface area contributed by atoms with Gasteiger partial charge in [-0.1, -0.05) is 13.8 Å². The van der Waals surface area contributed by atoms with Crippen LogP contribution in [0.2, 0.25) is 0 Å². The Morgan fingerprint density at radius 3 is 1.54 bits per heavy atom. The first-order chi connectivity index (χ1) is 5.72. The first-order valence-electron chi connectivity index (χ1n) is 3.79. The van der Waals surface area contributed by atoms with Gasteiger partial charge in [-0.25, -0.2) is 4.57 Å². The smallest absolute Gasteiger partial charge is 0.369 e. The van der Waals surface area contributed by atoms with Crippen molar-refractivity contribution in [3.8, 4) is 0 Å². The van der Waals surface area contributed by atoms with Crippen molar-refractivity contribution in [3.63, 3.8) is 0 Å². The molecule has 0 spiro atoms. The molecule has 13 heavy (non-hydrogen) atoms. The first kappa shape index (κ1) is 15.1. The number of primary amides is 1. The van der Waals surface area contributed by atoms with E-state index in [2.05, 4.69) is 0 Å². The van der Waals surface area contributed by atoms with Crippen LogP contribution in [0.25, 0.3) is 0 Å². The summed E-state index contributed by atoms with van der Waals surface area (Å²) in [5.41, 5.74) is 5.02. The van der Waals surface area contributed by atoms with E-state index in [4.69, 9.17) is 25.0 Å². The van der Waals surface area contributed by atoms with Crippen LogP contribution in [0.15, 0.2) is 0 Å². The van der Waals surface area contributed by atoms with E-state index >= 15 is 0 Å². The third-order valence-corrected chi connectivity index (χ3v) is 1.39. The molecule has 0 saturated carbocycles. The van der Waals surface area contributed by atoms with Gasteiger partial charge in [0.2, 0.25) is 5.91 Å². The topological polar surface area (TPSA) is 121 Å². The van der Waals surface area contributed by atoms with E-state index < -0.39 is 7.82 Å². The molecule has 0 atom stereocenters. The van der Waals surface area contributed by atoms with Crippen LogP contribution in [0.3, 0.4) is 0 Å². The van der Waals surface area contributed by atoms with Gasteiger partial charge < -0.3 is 20.4 Å². The molecule has 0 heterocycles. The van der Waals surface area contributed by atoms with E-state index in [1.807, 2.05) is 13.8 Å². The maximum absolute atomic E-state index is 10.4. The second-order valence-electron chi connectivity index (χ2n) is 2.43. The van der Waals surface area contributed by atoms with Crippen LogP contribution in [-0.2, 0) is 9.36 Å². The number of carbonyl (C=O) groups is 1. The molecule has 0 bridgehead atoms. The molecule has 0 aromatic carbocycles. The fourth-order valence-corrected chi connectivity index (χ4v) is 0.691. The normalized spacial score (nSPS) is 10.6. The summed E-state index contributed by atoms with van der Waals surface area (Å²) in [6.45, 7) is 3.94. The van der Waals surface area contributed by atoms with E-state index in [-0.39, 0.29) is 11.8 Å². The van der Waals surface area contributed by atoms with Crippen LogP contribution >= 0.6 is 7.82 Å². The summed E-state index contributed by atoms with van der Waals surface area (Å²) in [5, 5.41) is 0. The molecule has 0 unspecified atom stereocenters. The molecule has 0 saturated heterocycles. The van der Waals surface area contributed by atoms with Crippen LogP contribution in [0, 0.1) is 5.92 Å². The Balaban J connectivity index is 0. The molecule has 0 fully saturated rings. The average Bonchev–Trinajstić information content (AvgIpc) is 1.85. The van der Waals surface area contributed by atoms with E-state index in [9.17, 15) is 4.79 Å². The molecule has 7 heteroatoms. The number of carbonyl (C=O) groups excluding carboxylic acids is 1. The maximum atomic E-state index is 10.4. The van der Waals surface area contributed by atoms with Gasteiger partial charge in [-0.2, -0.15) is 0 Å². The van der Waals surface area contributed by atoms with Crippen molar-refractivity contribution in [3.05, 3.63) is 0 Å². The number of phosphoric acid groups is 1. The van der Waals surface area contributed by atoms with Crippen LogP contribution < -0.4 is 5.73 Å². The standard InChI is InChI=1S/C6H13NO.H3O4P/c1-3-5(4-2)6(7)8;1-5(2,3)4/h5H,3-4H2,1-2H3,(H2,7,8);(H3,1,2,3,4). The molecular formula is C6H16NO5P. The zero-order chi connectivity index (χ0) is 11.1. The van der Waals surface area contributed by atoms with Gasteiger partial charge in [0.15, 0.2) is 0 Å². The lowest BCUT2D eigenvalue weighted by molar-refractivity contribution is -0.121. The first-order valence-corrected chi connectivity index (χ1v) is 5.36. The summed E-state index contributed by atoms with van der Waals surface area (Å²) < 4.78 is 8.88. The second-order valence-corrected chi connectivity index (χ2v) is 3.46. The average molecular weight is 213 g/mol. The molecule has 0 aromatic rings. The Kier molecular flexibility index (Phi) is 8.15. The van der Waals surface area contributed by atoms with Crippen LogP contribution in [0.5, 0.6) is 0 Å². The summed E-state index contributed by atoms with van der Waals surface area (Å²) in [6.07, 6.45) is 1.73. The molecule has 6 nitrogen and oxygen atoms in total. The molecule has 0 aliphatic rings. The summed E-state index contributed by atoms with van der Waals surface area (Å²) in [5.74, 6) is -0.0787. The van der Waals surface area contributed by atoms with Gasteiger partial charge in [0.25, 0.3) is 0 Å². The van der Waals surface area contributed by atoms with Gasteiger partial charge >= 0.3 is 7.82 Å². The van der Waals surface area contributed by atoms with Crippen molar-refractivity contribution in [2.45, 2.75) is 26.7 Å². The van der Waals surface area contributed by atoms with E-state index in [0.29, 0.717) is 0 Å². The number of rotatable bonds is 3. The Morgan fingerprint density at radius 1 is 1.31 bits per heavy atom. The predicted octanol–water partition coefficient (Wildman–Crippen LogP) is -0.0207. The Labute approximate surface area is 77.0 Å². The minimum absolute atomic E-state index is 0.0926. The fourth-order valence-electron chi connectivity index (χ4n) is 0.691. The summed E-state index contributed by atoms with van der Waals surface area (Å²) >= 11 is 0. The van der Waals surface area contributed by atoms with Crippen molar-refractivity contribution in [2.75, 3.05) is 0 Å². The molecule has 0 rings (SSSR count). The molecule has 80 valence electrons. The van der Waals surface area contributed by atoms with E-state index in [0.717, 1.165) is 12.8 Å². The third kappa shape index (κ3) is 18.5. The zero-order valence-corrected chi connectivity index (χ0v) is 8.57. The number of hydrogen-bond acceptors (Lipinski definition) is 2. The predicted molar refractivity (Wildman–Crippen MR) is 47.5 cm³/mol. The molecule has 0 aliphatic heterocycles. The quantitative estimate of drug-likeness (QED) is 0.491. The maximum Gasteiger partial charge on any atom is 0.466 e. The van der Waals surface area contributed by atoms with Crippen molar-refractivity contribution in [1.29, 1.82) is 0 Å². The summed E-state index contributed by atoms with van der Waals surface area (Å²) in [6, 6.07) is 0. The van der Waals surface area contributed by atoms with Gasteiger partial charge in [0.1, 0.15) is 0 Å². The lowest BCUT2D eigenvalue weighted by atomic mass is 10.0. The van der Waals surface area contributed by atoms with Crippen molar-refractivity contribution >= 4 is 13.7 Å². The number of hydrogen-bond donors (Lipinski definition) is 4. The highest BCUT2D eigenvalue weighted by Gasteiger charge is 2.07. The lowest BCUT2D eigenvalue weighted by Gasteiger charge is -2.04. The second kappa shape index (κ2) is 7.03. The van der Waals surface area contributed by atoms with Crippen LogP contribution in [0.4, 0.5) is 0 Å². The van der Waals surface area contributed by atoms with Gasteiger partial charge in [-0.05, 0) is 12.8 Å². The van der Waals surface area contributed by atoms with Crippen molar-refractivity contribution < 1.29 is 24.0 Å². The van der Waals surface area contributed by atoms with Gasteiger partial charge in [0.05, 0.1) is 0 Å². The fraction of sp³-hybridized carbons (Fsp3) is 0.833. The Hall–Kier alpha value is -0.420. The molecule has 0 aromatic heterocycles. The monoisotopic (exact) mass is 213 g/mol. The summed E-state index contributed by atoms with van der Waals surface area (Å²) in [4.78, 5) is 31.9. The molecule has 0 aliphatic carbocycles. The minimum atomic E-state index is -4.64. The minimum Gasteiger partial charge on any atom is -0.369 e. The Bertz CT molecular complexity index is 177. The number of nitrogens with two attached hydrogens (primary N) is 1. The number of amides is 1. The van der Waals surface area contributed by atoms with Gasteiger partial charge in [0, 0.05) is 5.92 Å². The highest BCUT2D eigenvalue weighted by atomic mass is 31.2. The highest BCUT2D eigenvalue weighted by molar-refractivity contribution is 7.45. The summed E-state index contributed by atoms with van der Waals surface area (Å²) in [7, 11) is -4.64. The van der Waals surface area contributed by atoms with E-state index in [1.54, 1.807) is 0 Å². The molecule has 1 amide bonds. The largest absolute Gasteiger partial charge is 0.466 e. The van der Waals surface area contributed by atoms with Crippen molar-refractivity contribution in [1.82, 2.24) is 0 Å². The Morgan fingerprint density at radius 2 is 1.54 bits per heavy atom. The highest BCUT2D eigenvalue weighted by Crippen LogP contribution is 2.25.